The van der Waals surface area contributed by atoms with Crippen molar-refractivity contribution in [3.05, 3.63) is 64.1 Å². The largest absolute Gasteiger partial charge is 0.455 e. The molecular formula is C20H17Cl2N3O5. The molecule has 0 aromatic heterocycles. The lowest BCUT2D eigenvalue weighted by molar-refractivity contribution is -0.152. The Hall–Kier alpha value is -3.10. The Kier molecular flexibility index (Phi) is 6.91. The predicted octanol–water partition coefficient (Wildman–Crippen LogP) is 2.35. The van der Waals surface area contributed by atoms with E-state index >= 15 is 0 Å². The summed E-state index contributed by atoms with van der Waals surface area (Å²) in [6, 6.07) is 13.1. The summed E-state index contributed by atoms with van der Waals surface area (Å²) in [5.74, 6) is -2.98. The van der Waals surface area contributed by atoms with Gasteiger partial charge in [-0.1, -0.05) is 47.5 Å². The molecule has 1 fully saturated rings. The van der Waals surface area contributed by atoms with Gasteiger partial charge in [0.2, 0.25) is 5.91 Å². The maximum absolute atomic E-state index is 12.3. The molecule has 2 N–H and O–H groups in total. The first-order chi connectivity index (χ1) is 14.4. The first kappa shape index (κ1) is 21.6. The van der Waals surface area contributed by atoms with Crippen molar-refractivity contribution in [3.8, 4) is 0 Å². The number of amides is 3. The summed E-state index contributed by atoms with van der Waals surface area (Å²) in [7, 11) is 0. The fourth-order valence-corrected chi connectivity index (χ4v) is 3.28. The minimum absolute atomic E-state index is 0.0596. The molecule has 1 atom stereocenters. The summed E-state index contributed by atoms with van der Waals surface area (Å²) in [5, 5.41) is 0.511. The van der Waals surface area contributed by atoms with Gasteiger partial charge in [0.1, 0.15) is 0 Å². The van der Waals surface area contributed by atoms with Crippen molar-refractivity contribution in [1.29, 1.82) is 0 Å². The molecule has 0 spiro atoms. The summed E-state index contributed by atoms with van der Waals surface area (Å²) in [6.45, 7) is -0.541. The third-order valence-corrected chi connectivity index (χ3v) is 5.19. The van der Waals surface area contributed by atoms with E-state index in [1.165, 1.54) is 4.90 Å². The van der Waals surface area contributed by atoms with Crippen LogP contribution in [0.3, 0.4) is 0 Å². The molecule has 2 aromatic carbocycles. The van der Waals surface area contributed by atoms with Gasteiger partial charge in [0.25, 0.3) is 11.8 Å². The van der Waals surface area contributed by atoms with Gasteiger partial charge in [-0.15, -0.1) is 0 Å². The average Bonchev–Trinajstić information content (AvgIpc) is 3.14. The normalized spacial score (nSPS) is 15.6. The van der Waals surface area contributed by atoms with Crippen LogP contribution in [0.4, 0.5) is 5.69 Å². The fraction of sp³-hybridized carbons (Fsp3) is 0.200. The lowest BCUT2D eigenvalue weighted by Gasteiger charge is -2.18. The topological polar surface area (TPSA) is 105 Å². The number of esters is 1. The summed E-state index contributed by atoms with van der Waals surface area (Å²) >= 11 is 12.1. The van der Waals surface area contributed by atoms with Gasteiger partial charge >= 0.3 is 5.97 Å². The quantitative estimate of drug-likeness (QED) is 0.538. The van der Waals surface area contributed by atoms with Crippen molar-refractivity contribution >= 4 is 52.6 Å². The van der Waals surface area contributed by atoms with Gasteiger partial charge in [0, 0.05) is 18.5 Å². The fourth-order valence-electron chi connectivity index (χ4n) is 2.88. The third kappa shape index (κ3) is 5.08. The molecule has 1 saturated heterocycles. The Morgan fingerprint density at radius 2 is 1.77 bits per heavy atom. The van der Waals surface area contributed by atoms with E-state index in [1.54, 1.807) is 48.5 Å². The predicted molar refractivity (Wildman–Crippen MR) is 110 cm³/mol. The highest BCUT2D eigenvalue weighted by molar-refractivity contribution is 6.44. The number of nitrogens with zero attached hydrogens (tertiary/aromatic N) is 1. The van der Waals surface area contributed by atoms with Crippen molar-refractivity contribution < 1.29 is 23.9 Å². The Balaban J connectivity index is 1.48. The van der Waals surface area contributed by atoms with Crippen molar-refractivity contribution in [3.63, 3.8) is 0 Å². The van der Waals surface area contributed by atoms with E-state index < -0.39 is 30.3 Å². The lowest BCUT2D eigenvalue weighted by atomic mass is 10.1. The van der Waals surface area contributed by atoms with Gasteiger partial charge in [0.15, 0.2) is 6.61 Å². The number of hydrogen-bond acceptors (Lipinski definition) is 5. The molecule has 1 aliphatic heterocycles. The number of hydrazine groups is 1. The molecule has 0 unspecified atom stereocenters. The number of rotatable bonds is 5. The van der Waals surface area contributed by atoms with Crippen molar-refractivity contribution in [2.75, 3.05) is 18.1 Å². The average molecular weight is 450 g/mol. The van der Waals surface area contributed by atoms with Gasteiger partial charge in [-0.3, -0.25) is 30.0 Å². The molecule has 30 heavy (non-hydrogen) atoms. The highest BCUT2D eigenvalue weighted by Crippen LogP contribution is 2.35. The van der Waals surface area contributed by atoms with Crippen molar-refractivity contribution in [2.45, 2.75) is 6.42 Å². The van der Waals surface area contributed by atoms with Crippen LogP contribution in [0.2, 0.25) is 10.0 Å². The van der Waals surface area contributed by atoms with E-state index in [0.29, 0.717) is 16.3 Å². The number of benzene rings is 2. The number of halogens is 2. The Morgan fingerprint density at radius 1 is 1.03 bits per heavy atom. The van der Waals surface area contributed by atoms with Crippen molar-refractivity contribution in [1.82, 2.24) is 10.9 Å². The van der Waals surface area contributed by atoms with Crippen LogP contribution in [0.1, 0.15) is 16.8 Å². The molecule has 0 saturated carbocycles. The van der Waals surface area contributed by atoms with Crippen LogP contribution in [0.5, 0.6) is 0 Å². The SMILES string of the molecule is O=C(COC(=O)[C@H]1CC(=O)N(c2cccc(Cl)c2Cl)C1)NNC(=O)c1ccccc1. The van der Waals surface area contributed by atoms with Crippen LogP contribution >= 0.6 is 23.2 Å². The zero-order chi connectivity index (χ0) is 21.7. The molecule has 3 rings (SSSR count). The molecule has 1 aliphatic rings. The summed E-state index contributed by atoms with van der Waals surface area (Å²) in [4.78, 5) is 49.6. The summed E-state index contributed by atoms with van der Waals surface area (Å²) in [6.07, 6.45) is -0.0754. The first-order valence-corrected chi connectivity index (χ1v) is 9.67. The van der Waals surface area contributed by atoms with Crippen molar-refractivity contribution in [2.24, 2.45) is 5.92 Å². The molecular weight excluding hydrogens is 433 g/mol. The van der Waals surface area contributed by atoms with E-state index in [2.05, 4.69) is 10.9 Å². The summed E-state index contributed by atoms with van der Waals surface area (Å²) in [5.41, 5.74) is 5.15. The second kappa shape index (κ2) is 9.60. The Morgan fingerprint density at radius 3 is 2.50 bits per heavy atom. The van der Waals surface area contributed by atoms with Gasteiger partial charge in [-0.25, -0.2) is 0 Å². The number of ether oxygens (including phenoxy) is 1. The van der Waals surface area contributed by atoms with Gasteiger partial charge in [0.05, 0.1) is 21.7 Å². The zero-order valence-electron chi connectivity index (χ0n) is 15.6. The van der Waals surface area contributed by atoms with Crippen LogP contribution in [-0.2, 0) is 19.1 Å². The third-order valence-electron chi connectivity index (χ3n) is 4.38. The van der Waals surface area contributed by atoms with E-state index in [-0.39, 0.29) is 23.9 Å². The van der Waals surface area contributed by atoms with Crippen LogP contribution in [0.15, 0.2) is 48.5 Å². The number of carbonyl (C=O) groups excluding carboxylic acids is 4. The minimum Gasteiger partial charge on any atom is -0.455 e. The Bertz CT molecular complexity index is 984. The van der Waals surface area contributed by atoms with Crippen LogP contribution in [0, 0.1) is 5.92 Å². The molecule has 3 amide bonds. The molecule has 1 heterocycles. The van der Waals surface area contributed by atoms with Gasteiger partial charge in [-0.05, 0) is 24.3 Å². The highest BCUT2D eigenvalue weighted by atomic mass is 35.5. The standard InChI is InChI=1S/C20H17Cl2N3O5/c21-14-7-4-8-15(18(14)22)25-10-13(9-17(25)27)20(29)30-11-16(26)23-24-19(28)12-5-2-1-3-6-12/h1-8,13H,9-11H2,(H,23,26)(H,24,28)/t13-/m0/s1. The second-order valence-corrected chi connectivity index (χ2v) is 7.24. The maximum Gasteiger partial charge on any atom is 0.311 e. The number of nitrogens with one attached hydrogen (secondary N) is 2. The van der Waals surface area contributed by atoms with E-state index in [0.717, 1.165) is 0 Å². The molecule has 0 aliphatic carbocycles. The zero-order valence-corrected chi connectivity index (χ0v) is 17.1. The smallest absolute Gasteiger partial charge is 0.311 e. The monoisotopic (exact) mass is 449 g/mol. The molecule has 156 valence electrons. The van der Waals surface area contributed by atoms with E-state index in [9.17, 15) is 19.2 Å². The Labute approximate surface area is 182 Å². The van der Waals surface area contributed by atoms with Crippen LogP contribution < -0.4 is 15.8 Å². The van der Waals surface area contributed by atoms with Gasteiger partial charge in [-0.2, -0.15) is 0 Å². The molecule has 10 heteroatoms. The van der Waals surface area contributed by atoms with Crippen LogP contribution in [-0.4, -0.2) is 36.8 Å². The number of hydrogen-bond donors (Lipinski definition) is 2. The minimum atomic E-state index is -0.751. The lowest BCUT2D eigenvalue weighted by Crippen LogP contribution is -2.43. The maximum atomic E-state index is 12.3. The van der Waals surface area contributed by atoms with Gasteiger partial charge < -0.3 is 9.64 Å². The number of carbonyl (C=O) groups is 4. The molecule has 2 aromatic rings. The van der Waals surface area contributed by atoms with E-state index in [1.807, 2.05) is 0 Å². The summed E-state index contributed by atoms with van der Waals surface area (Å²) < 4.78 is 4.97. The first-order valence-electron chi connectivity index (χ1n) is 8.92. The molecule has 0 bridgehead atoms. The van der Waals surface area contributed by atoms with Crippen LogP contribution in [0.25, 0.3) is 0 Å². The number of anilines is 1. The second-order valence-electron chi connectivity index (χ2n) is 6.45. The highest BCUT2D eigenvalue weighted by Gasteiger charge is 2.37. The molecule has 8 nitrogen and oxygen atoms in total. The molecule has 0 radical (unpaired) electrons. The van der Waals surface area contributed by atoms with E-state index in [4.69, 9.17) is 27.9 Å².